The molecule has 2 nitrogen and oxygen atoms in total. The van der Waals surface area contributed by atoms with Crippen LogP contribution >= 0.6 is 0 Å². The molecule has 2 heteroatoms. The SMILES string of the molecule is CCC1(C)C=CC=C(C(N)=O)C1(C)CC. The molecule has 2 unspecified atom stereocenters. The molecule has 0 radical (unpaired) electrons. The van der Waals surface area contributed by atoms with Gasteiger partial charge in [-0.05, 0) is 18.3 Å². The third kappa shape index (κ3) is 1.62. The van der Waals surface area contributed by atoms with Crippen LogP contribution in [0.4, 0.5) is 0 Å². The Balaban J connectivity index is 3.27. The molecule has 0 fully saturated rings. The van der Waals surface area contributed by atoms with Crippen LogP contribution in [-0.4, -0.2) is 5.91 Å². The van der Waals surface area contributed by atoms with Gasteiger partial charge in [-0.25, -0.2) is 0 Å². The Morgan fingerprint density at radius 1 is 1.33 bits per heavy atom. The van der Waals surface area contributed by atoms with Gasteiger partial charge in [0.05, 0.1) is 0 Å². The molecule has 84 valence electrons. The second kappa shape index (κ2) is 3.84. The average Bonchev–Trinajstić information content (AvgIpc) is 2.21. The van der Waals surface area contributed by atoms with Gasteiger partial charge in [0.1, 0.15) is 0 Å². The zero-order valence-corrected chi connectivity index (χ0v) is 10.1. The van der Waals surface area contributed by atoms with Crippen LogP contribution in [0.5, 0.6) is 0 Å². The molecule has 0 saturated carbocycles. The third-order valence-corrected chi connectivity index (χ3v) is 4.29. The van der Waals surface area contributed by atoms with Crippen molar-refractivity contribution in [2.75, 3.05) is 0 Å². The molecule has 15 heavy (non-hydrogen) atoms. The highest BCUT2D eigenvalue weighted by Gasteiger charge is 2.45. The smallest absolute Gasteiger partial charge is 0.245 e. The fourth-order valence-electron chi connectivity index (χ4n) is 2.49. The molecular weight excluding hydrogens is 186 g/mol. The van der Waals surface area contributed by atoms with E-state index in [-0.39, 0.29) is 16.7 Å². The number of carbonyl (C=O) groups excluding carboxylic acids is 1. The van der Waals surface area contributed by atoms with Gasteiger partial charge in [-0.1, -0.05) is 45.9 Å². The average molecular weight is 207 g/mol. The van der Waals surface area contributed by atoms with Gasteiger partial charge in [0, 0.05) is 11.0 Å². The molecule has 1 amide bonds. The zero-order chi connectivity index (χ0) is 11.7. The van der Waals surface area contributed by atoms with E-state index in [1.807, 2.05) is 12.2 Å². The van der Waals surface area contributed by atoms with E-state index >= 15 is 0 Å². The minimum Gasteiger partial charge on any atom is -0.366 e. The molecule has 0 aromatic rings. The Morgan fingerprint density at radius 2 is 1.93 bits per heavy atom. The van der Waals surface area contributed by atoms with E-state index in [4.69, 9.17) is 5.73 Å². The maximum atomic E-state index is 11.5. The van der Waals surface area contributed by atoms with Crippen LogP contribution in [0.2, 0.25) is 0 Å². The van der Waals surface area contributed by atoms with Gasteiger partial charge in [0.25, 0.3) is 0 Å². The lowest BCUT2D eigenvalue weighted by molar-refractivity contribution is -0.116. The fourth-order valence-corrected chi connectivity index (χ4v) is 2.49. The highest BCUT2D eigenvalue weighted by Crippen LogP contribution is 2.52. The highest BCUT2D eigenvalue weighted by molar-refractivity contribution is 5.94. The lowest BCUT2D eigenvalue weighted by atomic mass is 9.57. The number of allylic oxidation sites excluding steroid dienone is 3. The zero-order valence-electron chi connectivity index (χ0n) is 10.1. The number of primary amides is 1. The maximum absolute atomic E-state index is 11.5. The maximum Gasteiger partial charge on any atom is 0.245 e. The van der Waals surface area contributed by atoms with E-state index < -0.39 is 0 Å². The fraction of sp³-hybridized carbons (Fsp3) is 0.615. The van der Waals surface area contributed by atoms with Gasteiger partial charge < -0.3 is 5.73 Å². The molecule has 0 saturated heterocycles. The van der Waals surface area contributed by atoms with Crippen LogP contribution in [0, 0.1) is 10.8 Å². The van der Waals surface area contributed by atoms with Crippen LogP contribution in [0.3, 0.4) is 0 Å². The Kier molecular flexibility index (Phi) is 3.08. The number of nitrogens with two attached hydrogens (primary N) is 1. The third-order valence-electron chi connectivity index (χ3n) is 4.29. The van der Waals surface area contributed by atoms with Gasteiger partial charge in [-0.2, -0.15) is 0 Å². The largest absolute Gasteiger partial charge is 0.366 e. The Bertz CT molecular complexity index is 329. The molecule has 0 spiro atoms. The molecular formula is C13H21NO. The van der Waals surface area contributed by atoms with Crippen molar-refractivity contribution >= 4 is 5.91 Å². The van der Waals surface area contributed by atoms with Crippen LogP contribution in [0.1, 0.15) is 40.5 Å². The molecule has 1 aliphatic rings. The number of hydrogen-bond donors (Lipinski definition) is 1. The van der Waals surface area contributed by atoms with Crippen molar-refractivity contribution in [3.05, 3.63) is 23.8 Å². The van der Waals surface area contributed by atoms with E-state index in [0.717, 1.165) is 18.4 Å². The number of hydrogen-bond acceptors (Lipinski definition) is 1. The molecule has 1 aliphatic carbocycles. The first-order valence-electron chi connectivity index (χ1n) is 5.61. The van der Waals surface area contributed by atoms with Crippen molar-refractivity contribution in [1.29, 1.82) is 0 Å². The molecule has 1 rings (SSSR count). The summed E-state index contributed by atoms with van der Waals surface area (Å²) in [5.41, 5.74) is 6.11. The van der Waals surface area contributed by atoms with Crippen LogP contribution < -0.4 is 5.73 Å². The normalized spacial score (nSPS) is 35.1. The molecule has 0 aromatic carbocycles. The first-order chi connectivity index (χ1) is 6.91. The predicted octanol–water partition coefficient (Wildman–Crippen LogP) is 2.80. The van der Waals surface area contributed by atoms with Gasteiger partial charge >= 0.3 is 0 Å². The summed E-state index contributed by atoms with van der Waals surface area (Å²) >= 11 is 0. The lowest BCUT2D eigenvalue weighted by Gasteiger charge is -2.46. The topological polar surface area (TPSA) is 43.1 Å². The summed E-state index contributed by atoms with van der Waals surface area (Å²) in [6.45, 7) is 8.60. The van der Waals surface area contributed by atoms with E-state index in [1.54, 1.807) is 0 Å². The highest BCUT2D eigenvalue weighted by atomic mass is 16.1. The van der Waals surface area contributed by atoms with Crippen LogP contribution in [0.25, 0.3) is 0 Å². The summed E-state index contributed by atoms with van der Waals surface area (Å²) in [5.74, 6) is -0.289. The number of rotatable bonds is 3. The quantitative estimate of drug-likeness (QED) is 0.759. The summed E-state index contributed by atoms with van der Waals surface area (Å²) in [5, 5.41) is 0. The molecule has 0 aromatic heterocycles. The van der Waals surface area contributed by atoms with Crippen molar-refractivity contribution in [1.82, 2.24) is 0 Å². The minimum atomic E-state index is -0.289. The molecule has 0 aliphatic heterocycles. The summed E-state index contributed by atoms with van der Waals surface area (Å²) in [4.78, 5) is 11.5. The minimum absolute atomic E-state index is 0.0286. The van der Waals surface area contributed by atoms with E-state index in [1.165, 1.54) is 0 Å². The van der Waals surface area contributed by atoms with Crippen molar-refractivity contribution in [2.45, 2.75) is 40.5 Å². The first kappa shape index (κ1) is 12.0. The monoisotopic (exact) mass is 207 g/mol. The van der Waals surface area contributed by atoms with Crippen molar-refractivity contribution in [2.24, 2.45) is 16.6 Å². The summed E-state index contributed by atoms with van der Waals surface area (Å²) in [6.07, 6.45) is 7.96. The Labute approximate surface area is 92.2 Å². The van der Waals surface area contributed by atoms with E-state index in [2.05, 4.69) is 33.8 Å². The van der Waals surface area contributed by atoms with Gasteiger partial charge in [0.15, 0.2) is 0 Å². The standard InChI is InChI=1S/C13H21NO/c1-5-12(3)9-7-8-10(11(14)15)13(12,4)6-2/h7-9H,5-6H2,1-4H3,(H2,14,15). The summed E-state index contributed by atoms with van der Waals surface area (Å²) in [7, 11) is 0. The lowest BCUT2D eigenvalue weighted by Crippen LogP contribution is -2.42. The molecule has 0 bridgehead atoms. The summed E-state index contributed by atoms with van der Waals surface area (Å²) < 4.78 is 0. The first-order valence-corrected chi connectivity index (χ1v) is 5.61. The molecule has 2 atom stereocenters. The van der Waals surface area contributed by atoms with Crippen molar-refractivity contribution in [3.8, 4) is 0 Å². The second-order valence-electron chi connectivity index (χ2n) is 4.76. The molecule has 2 N–H and O–H groups in total. The van der Waals surface area contributed by atoms with Crippen LogP contribution in [0.15, 0.2) is 23.8 Å². The van der Waals surface area contributed by atoms with Gasteiger partial charge in [-0.3, -0.25) is 4.79 Å². The van der Waals surface area contributed by atoms with Crippen molar-refractivity contribution < 1.29 is 4.79 Å². The summed E-state index contributed by atoms with van der Waals surface area (Å²) in [6, 6.07) is 0. The van der Waals surface area contributed by atoms with Crippen molar-refractivity contribution in [3.63, 3.8) is 0 Å². The number of amides is 1. The second-order valence-corrected chi connectivity index (χ2v) is 4.76. The van der Waals surface area contributed by atoms with Gasteiger partial charge in [0.2, 0.25) is 5.91 Å². The van der Waals surface area contributed by atoms with E-state index in [0.29, 0.717) is 0 Å². The number of carbonyl (C=O) groups is 1. The van der Waals surface area contributed by atoms with E-state index in [9.17, 15) is 4.79 Å². The van der Waals surface area contributed by atoms with Crippen LogP contribution in [-0.2, 0) is 4.79 Å². The molecule has 0 heterocycles. The Morgan fingerprint density at radius 3 is 2.33 bits per heavy atom. The van der Waals surface area contributed by atoms with Gasteiger partial charge in [-0.15, -0.1) is 0 Å². The Hall–Kier alpha value is -1.05. The predicted molar refractivity (Wildman–Crippen MR) is 63.2 cm³/mol.